The fourth-order valence-corrected chi connectivity index (χ4v) is 3.74. The average molecular weight is 455 g/mol. The van der Waals surface area contributed by atoms with E-state index in [4.69, 9.17) is 16.3 Å². The zero-order valence-electron chi connectivity index (χ0n) is 19.5. The maximum absolute atomic E-state index is 13.8. The Hall–Kier alpha value is -2.46. The van der Waals surface area contributed by atoms with Crippen LogP contribution in [0.1, 0.15) is 50.1 Å². The van der Waals surface area contributed by atoms with Gasteiger partial charge in [0, 0.05) is 39.3 Å². The second kappa shape index (κ2) is 11.4. The number of likely N-dealkylation sites (N-methyl/N-ethyl adjacent to an activating group) is 1. The summed E-state index contributed by atoms with van der Waals surface area (Å²) in [6.07, 6.45) is 1.41. The predicted octanol–water partition coefficient (Wildman–Crippen LogP) is 2.79. The summed E-state index contributed by atoms with van der Waals surface area (Å²) >= 11 is 0. The second-order valence-corrected chi connectivity index (χ2v) is 8.27. The third-order valence-corrected chi connectivity index (χ3v) is 5.48. The molecule has 1 aromatic heterocycles. The van der Waals surface area contributed by atoms with Crippen LogP contribution in [-0.4, -0.2) is 72.1 Å². The van der Waals surface area contributed by atoms with E-state index in [0.717, 1.165) is 17.7 Å². The Morgan fingerprint density at radius 1 is 1.31 bits per heavy atom. The Kier molecular flexibility index (Phi) is 9.21. The number of rotatable bonds is 9. The zero-order valence-corrected chi connectivity index (χ0v) is 19.5. The molecule has 4 N–H and O–H groups in total. The van der Waals surface area contributed by atoms with Gasteiger partial charge in [-0.15, -0.1) is 0 Å². The fraction of sp³-hybridized carbons (Fsp3) is 0.636. The first-order valence-corrected chi connectivity index (χ1v) is 11.0. The van der Waals surface area contributed by atoms with Gasteiger partial charge in [-0.3, -0.25) is 9.88 Å². The number of ether oxygens (including phenoxy) is 1. The third kappa shape index (κ3) is 7.03. The molecule has 10 heteroatoms. The van der Waals surface area contributed by atoms with Crippen molar-refractivity contribution in [1.29, 1.82) is 0 Å². The third-order valence-electron chi connectivity index (χ3n) is 5.48. The van der Waals surface area contributed by atoms with Crippen LogP contribution in [-0.2, 0) is 17.7 Å². The quantitative estimate of drug-likeness (QED) is 0.437. The van der Waals surface area contributed by atoms with Gasteiger partial charge in [0.15, 0.2) is 0 Å². The molecule has 1 amide bonds. The molecular weight excluding hydrogens is 418 g/mol. The summed E-state index contributed by atoms with van der Waals surface area (Å²) < 4.78 is 32.9. The van der Waals surface area contributed by atoms with E-state index in [1.54, 1.807) is 25.1 Å². The summed E-state index contributed by atoms with van der Waals surface area (Å²) in [5.41, 5.74) is 9.24. The molecule has 1 aliphatic rings. The number of hydrogen-bond acceptors (Lipinski definition) is 7. The van der Waals surface area contributed by atoms with E-state index in [1.165, 1.54) is 9.91 Å². The maximum Gasteiger partial charge on any atom is 0.409 e. The smallest absolute Gasteiger partial charge is 0.409 e. The highest BCUT2D eigenvalue weighted by atomic mass is 19.3. The minimum absolute atomic E-state index is 0.0587. The first-order chi connectivity index (χ1) is 15.1. The van der Waals surface area contributed by atoms with E-state index in [9.17, 15) is 13.6 Å². The van der Waals surface area contributed by atoms with Crippen molar-refractivity contribution in [2.75, 3.05) is 40.3 Å². The summed E-state index contributed by atoms with van der Waals surface area (Å²) in [4.78, 5) is 20.0. The normalized spacial score (nSPS) is 17.0. The number of likely N-dealkylation sites (tertiary alicyclic amines) is 1. The minimum atomic E-state index is -2.64. The Balaban J connectivity index is 2.20. The zero-order chi connectivity index (χ0) is 23.9. The summed E-state index contributed by atoms with van der Waals surface area (Å²) in [5.74, 6) is 3.29. The van der Waals surface area contributed by atoms with Crippen molar-refractivity contribution in [2.24, 2.45) is 11.6 Å². The number of carbonyl (C=O) groups excluding carboxylic acids is 1. The van der Waals surface area contributed by atoms with Gasteiger partial charge in [0.25, 0.3) is 5.92 Å². The number of aromatic nitrogens is 1. The van der Waals surface area contributed by atoms with Crippen LogP contribution in [0.4, 0.5) is 13.6 Å². The lowest BCUT2D eigenvalue weighted by Crippen LogP contribution is -2.42. The molecule has 2 rings (SSSR count). The van der Waals surface area contributed by atoms with Crippen LogP contribution in [0.2, 0.25) is 0 Å². The minimum Gasteiger partial charge on any atom is -0.443 e. The molecule has 1 fully saturated rings. The first kappa shape index (κ1) is 25.8. The van der Waals surface area contributed by atoms with Crippen LogP contribution in [0.15, 0.2) is 17.8 Å². The molecule has 0 bridgehead atoms. The molecule has 0 aliphatic carbocycles. The highest BCUT2D eigenvalue weighted by Gasteiger charge is 2.35. The number of alkyl halides is 2. The predicted molar refractivity (Wildman–Crippen MR) is 120 cm³/mol. The molecule has 1 aliphatic heterocycles. The molecule has 32 heavy (non-hydrogen) atoms. The number of aryl methyl sites for hydroxylation is 1. The number of hydrazine groups is 1. The summed E-state index contributed by atoms with van der Waals surface area (Å²) in [7, 11) is 3.27. The number of halogens is 2. The van der Waals surface area contributed by atoms with Gasteiger partial charge in [-0.1, -0.05) is 19.9 Å². The van der Waals surface area contributed by atoms with Crippen molar-refractivity contribution in [3.63, 3.8) is 0 Å². The number of nitrogens with two attached hydrogens (primary N) is 2. The van der Waals surface area contributed by atoms with E-state index in [2.05, 4.69) is 4.98 Å². The number of amides is 1. The molecule has 8 nitrogen and oxygen atoms in total. The van der Waals surface area contributed by atoms with E-state index in [0.29, 0.717) is 49.6 Å². The highest BCUT2D eigenvalue weighted by Crippen LogP contribution is 2.28. The Morgan fingerprint density at radius 2 is 2.03 bits per heavy atom. The molecule has 180 valence electrons. The summed E-state index contributed by atoms with van der Waals surface area (Å²) in [6.45, 7) is 5.24. The standard InChI is InChI=1S/C22H36F2N6O2/c1-5-11-28(3)21(31)32-14-19(29(4)26)20(25)18-9-8-16(17(6-2)27-18)13-30-12-7-10-22(23,24)15-30/h8-9H,5-7,10-15,25-26H2,1-4H3/b20-19-. The number of nitrogens with zero attached hydrogens (tertiary/aromatic N) is 4. The lowest BCUT2D eigenvalue weighted by atomic mass is 10.0. The molecule has 0 unspecified atom stereocenters. The van der Waals surface area contributed by atoms with Crippen LogP contribution < -0.4 is 11.6 Å². The maximum atomic E-state index is 13.8. The number of hydrogen-bond donors (Lipinski definition) is 2. The van der Waals surface area contributed by atoms with Crippen molar-refractivity contribution in [2.45, 2.75) is 52.0 Å². The van der Waals surface area contributed by atoms with Crippen molar-refractivity contribution in [3.8, 4) is 0 Å². The van der Waals surface area contributed by atoms with Crippen LogP contribution in [0.25, 0.3) is 5.70 Å². The van der Waals surface area contributed by atoms with Gasteiger partial charge in [-0.05, 0) is 37.4 Å². The Bertz CT molecular complexity index is 816. The Morgan fingerprint density at radius 3 is 2.62 bits per heavy atom. The number of pyridine rings is 1. The molecule has 0 atom stereocenters. The number of piperidine rings is 1. The summed E-state index contributed by atoms with van der Waals surface area (Å²) in [6, 6.07) is 3.62. The lowest BCUT2D eigenvalue weighted by Gasteiger charge is -2.32. The van der Waals surface area contributed by atoms with Gasteiger partial charge in [-0.25, -0.2) is 19.4 Å². The van der Waals surface area contributed by atoms with Crippen LogP contribution in [0.3, 0.4) is 0 Å². The van der Waals surface area contributed by atoms with Crippen molar-refractivity contribution >= 4 is 11.8 Å². The van der Waals surface area contributed by atoms with Crippen LogP contribution in [0, 0.1) is 0 Å². The van der Waals surface area contributed by atoms with E-state index < -0.39 is 12.0 Å². The van der Waals surface area contributed by atoms with E-state index in [1.807, 2.05) is 19.9 Å². The lowest BCUT2D eigenvalue weighted by molar-refractivity contribution is -0.0661. The van der Waals surface area contributed by atoms with Crippen molar-refractivity contribution in [3.05, 3.63) is 34.8 Å². The van der Waals surface area contributed by atoms with E-state index in [-0.39, 0.29) is 19.6 Å². The van der Waals surface area contributed by atoms with Crippen molar-refractivity contribution < 1.29 is 18.3 Å². The SMILES string of the molecule is CCCN(C)C(=O)OC/C(=C(/N)c1ccc(CN2CCCC(F)(F)C2)c(CC)n1)N(C)N. The molecular formula is C22H36F2N6O2. The average Bonchev–Trinajstić information content (AvgIpc) is 2.73. The summed E-state index contributed by atoms with van der Waals surface area (Å²) in [5, 5.41) is 1.31. The molecule has 2 heterocycles. The topological polar surface area (TPSA) is 101 Å². The Labute approximate surface area is 189 Å². The second-order valence-electron chi connectivity index (χ2n) is 8.27. The fourth-order valence-electron chi connectivity index (χ4n) is 3.74. The highest BCUT2D eigenvalue weighted by molar-refractivity contribution is 5.68. The molecule has 1 saturated heterocycles. The monoisotopic (exact) mass is 454 g/mol. The largest absolute Gasteiger partial charge is 0.443 e. The van der Waals surface area contributed by atoms with Gasteiger partial charge < -0.3 is 20.4 Å². The molecule has 0 saturated carbocycles. The molecule has 0 aromatic carbocycles. The van der Waals surface area contributed by atoms with Gasteiger partial charge in [-0.2, -0.15) is 0 Å². The van der Waals surface area contributed by atoms with Gasteiger partial charge >= 0.3 is 6.09 Å². The van der Waals surface area contributed by atoms with Gasteiger partial charge in [0.2, 0.25) is 0 Å². The molecule has 0 spiro atoms. The van der Waals surface area contributed by atoms with Gasteiger partial charge in [0.1, 0.15) is 6.61 Å². The first-order valence-electron chi connectivity index (χ1n) is 11.0. The van der Waals surface area contributed by atoms with Crippen molar-refractivity contribution in [1.82, 2.24) is 19.8 Å². The van der Waals surface area contributed by atoms with Crippen LogP contribution >= 0.6 is 0 Å². The van der Waals surface area contributed by atoms with Gasteiger partial charge in [0.05, 0.1) is 23.6 Å². The molecule has 1 aromatic rings. The van der Waals surface area contributed by atoms with Crippen LogP contribution in [0.5, 0.6) is 0 Å². The molecule has 0 radical (unpaired) electrons. The number of carbonyl (C=O) groups is 1. The van der Waals surface area contributed by atoms with E-state index >= 15 is 0 Å².